The molecule has 2 bridgehead atoms. The predicted molar refractivity (Wildman–Crippen MR) is 53.6 cm³/mol. The lowest BCUT2D eigenvalue weighted by Gasteiger charge is -2.38. The summed E-state index contributed by atoms with van der Waals surface area (Å²) in [6.07, 6.45) is 2.26. The van der Waals surface area contributed by atoms with Crippen LogP contribution in [-0.2, 0) is 4.79 Å². The SMILES string of the molecule is CNC(=O)[C@]12CC[C@@H](C[C@H]1O)C2(C)C. The van der Waals surface area contributed by atoms with E-state index in [1.807, 2.05) is 0 Å². The van der Waals surface area contributed by atoms with E-state index in [-0.39, 0.29) is 11.3 Å². The molecular formula is C11H19NO2. The topological polar surface area (TPSA) is 49.3 Å². The van der Waals surface area contributed by atoms with Gasteiger partial charge in [0.2, 0.25) is 5.91 Å². The number of nitrogens with one attached hydrogen (secondary N) is 1. The van der Waals surface area contributed by atoms with Crippen LogP contribution in [0.15, 0.2) is 0 Å². The summed E-state index contributed by atoms with van der Waals surface area (Å²) in [4.78, 5) is 11.9. The van der Waals surface area contributed by atoms with E-state index >= 15 is 0 Å². The number of amides is 1. The van der Waals surface area contributed by atoms with Gasteiger partial charge in [0.15, 0.2) is 0 Å². The van der Waals surface area contributed by atoms with E-state index in [1.165, 1.54) is 0 Å². The van der Waals surface area contributed by atoms with Crippen molar-refractivity contribution in [2.45, 2.75) is 39.2 Å². The van der Waals surface area contributed by atoms with Crippen LogP contribution < -0.4 is 5.32 Å². The number of rotatable bonds is 1. The molecule has 0 saturated heterocycles. The van der Waals surface area contributed by atoms with Crippen LogP contribution in [0.25, 0.3) is 0 Å². The number of carbonyl (C=O) groups is 1. The molecule has 3 heteroatoms. The first-order valence-corrected chi connectivity index (χ1v) is 5.37. The van der Waals surface area contributed by atoms with Gasteiger partial charge in [0.05, 0.1) is 11.5 Å². The zero-order chi connectivity index (χ0) is 10.6. The van der Waals surface area contributed by atoms with Crippen molar-refractivity contribution >= 4 is 5.91 Å². The maximum Gasteiger partial charge on any atom is 0.229 e. The fourth-order valence-corrected chi connectivity index (χ4v) is 3.71. The molecule has 2 saturated carbocycles. The standard InChI is InChI=1S/C11H19NO2/c1-10(2)7-4-5-11(10,8(13)6-7)9(14)12-3/h7-8,13H,4-6H2,1-3H3,(H,12,14)/t7-,8+,11-/m0/s1. The maximum absolute atomic E-state index is 11.9. The largest absolute Gasteiger partial charge is 0.392 e. The summed E-state index contributed by atoms with van der Waals surface area (Å²) in [7, 11) is 1.66. The Morgan fingerprint density at radius 2 is 2.14 bits per heavy atom. The number of carbonyl (C=O) groups excluding carboxylic acids is 1. The van der Waals surface area contributed by atoms with Crippen molar-refractivity contribution in [1.29, 1.82) is 0 Å². The highest BCUT2D eigenvalue weighted by Gasteiger charge is 2.67. The average Bonchev–Trinajstić information content (AvgIpc) is 2.49. The van der Waals surface area contributed by atoms with Crippen molar-refractivity contribution in [2.75, 3.05) is 7.05 Å². The van der Waals surface area contributed by atoms with Crippen LogP contribution >= 0.6 is 0 Å². The van der Waals surface area contributed by atoms with Crippen LogP contribution in [0.2, 0.25) is 0 Å². The second kappa shape index (κ2) is 2.72. The molecule has 0 aromatic carbocycles. The Kier molecular flexibility index (Phi) is 1.94. The minimum Gasteiger partial charge on any atom is -0.392 e. The van der Waals surface area contributed by atoms with Gasteiger partial charge in [0.1, 0.15) is 0 Å². The second-order valence-electron chi connectivity index (χ2n) is 5.26. The Hall–Kier alpha value is -0.570. The van der Waals surface area contributed by atoms with Gasteiger partial charge in [-0.1, -0.05) is 13.8 Å². The molecule has 14 heavy (non-hydrogen) atoms. The summed E-state index contributed by atoms with van der Waals surface area (Å²) in [6, 6.07) is 0. The fourth-order valence-electron chi connectivity index (χ4n) is 3.71. The molecule has 3 nitrogen and oxygen atoms in total. The van der Waals surface area contributed by atoms with E-state index in [9.17, 15) is 9.90 Å². The summed E-state index contributed by atoms with van der Waals surface area (Å²) >= 11 is 0. The lowest BCUT2D eigenvalue weighted by Crippen LogP contribution is -2.50. The number of aliphatic hydroxyl groups excluding tert-OH is 1. The number of aliphatic hydroxyl groups is 1. The van der Waals surface area contributed by atoms with E-state index in [0.29, 0.717) is 5.92 Å². The van der Waals surface area contributed by atoms with E-state index in [2.05, 4.69) is 19.2 Å². The van der Waals surface area contributed by atoms with Gasteiger partial charge >= 0.3 is 0 Å². The van der Waals surface area contributed by atoms with Crippen LogP contribution in [0.1, 0.15) is 33.1 Å². The van der Waals surface area contributed by atoms with Gasteiger partial charge in [-0.3, -0.25) is 4.79 Å². The molecule has 3 atom stereocenters. The summed E-state index contributed by atoms with van der Waals surface area (Å²) in [5, 5.41) is 12.8. The number of fused-ring (bicyclic) bond motifs is 2. The molecule has 0 aliphatic heterocycles. The molecule has 2 aliphatic rings. The molecule has 2 fully saturated rings. The van der Waals surface area contributed by atoms with Gasteiger partial charge in [-0.05, 0) is 30.6 Å². The highest BCUT2D eigenvalue weighted by molar-refractivity contribution is 5.85. The van der Waals surface area contributed by atoms with Gasteiger partial charge in [-0.25, -0.2) is 0 Å². The van der Waals surface area contributed by atoms with Gasteiger partial charge in [0.25, 0.3) is 0 Å². The summed E-state index contributed by atoms with van der Waals surface area (Å²) in [5.41, 5.74) is -0.571. The van der Waals surface area contributed by atoms with Crippen molar-refractivity contribution in [3.8, 4) is 0 Å². The van der Waals surface area contributed by atoms with Gasteiger partial charge in [-0.15, -0.1) is 0 Å². The molecule has 0 spiro atoms. The van der Waals surface area contributed by atoms with Crippen LogP contribution in [0, 0.1) is 16.7 Å². The Morgan fingerprint density at radius 3 is 2.50 bits per heavy atom. The second-order valence-corrected chi connectivity index (χ2v) is 5.26. The van der Waals surface area contributed by atoms with Crippen molar-refractivity contribution in [2.24, 2.45) is 16.7 Å². The zero-order valence-electron chi connectivity index (χ0n) is 9.13. The maximum atomic E-state index is 11.9. The molecule has 0 unspecified atom stereocenters. The van der Waals surface area contributed by atoms with Gasteiger partial charge in [-0.2, -0.15) is 0 Å². The zero-order valence-corrected chi connectivity index (χ0v) is 9.13. The summed E-state index contributed by atoms with van der Waals surface area (Å²) < 4.78 is 0. The number of hydrogen-bond donors (Lipinski definition) is 2. The van der Waals surface area contributed by atoms with Crippen LogP contribution in [0.3, 0.4) is 0 Å². The van der Waals surface area contributed by atoms with E-state index in [4.69, 9.17) is 0 Å². The third kappa shape index (κ3) is 0.842. The van der Waals surface area contributed by atoms with Crippen LogP contribution in [-0.4, -0.2) is 24.2 Å². The highest BCUT2D eigenvalue weighted by Crippen LogP contribution is 2.65. The molecule has 1 amide bonds. The third-order valence-corrected chi connectivity index (χ3v) is 4.77. The van der Waals surface area contributed by atoms with Crippen molar-refractivity contribution in [3.05, 3.63) is 0 Å². The molecule has 0 heterocycles. The Balaban J connectivity index is 2.44. The van der Waals surface area contributed by atoms with Crippen molar-refractivity contribution in [3.63, 3.8) is 0 Å². The minimum atomic E-state index is -0.521. The normalized spacial score (nSPS) is 44.0. The first kappa shape index (κ1) is 9.97. The molecule has 80 valence electrons. The van der Waals surface area contributed by atoms with E-state index in [1.54, 1.807) is 7.05 Å². The van der Waals surface area contributed by atoms with E-state index < -0.39 is 11.5 Å². The highest BCUT2D eigenvalue weighted by atomic mass is 16.3. The molecule has 0 radical (unpaired) electrons. The molecule has 0 aromatic heterocycles. The Morgan fingerprint density at radius 1 is 1.50 bits per heavy atom. The minimum absolute atomic E-state index is 0.0231. The average molecular weight is 197 g/mol. The molecule has 0 aromatic rings. The van der Waals surface area contributed by atoms with Crippen molar-refractivity contribution in [1.82, 2.24) is 5.32 Å². The fraction of sp³-hybridized carbons (Fsp3) is 0.909. The smallest absolute Gasteiger partial charge is 0.229 e. The van der Waals surface area contributed by atoms with E-state index in [0.717, 1.165) is 19.3 Å². The molecule has 2 N–H and O–H groups in total. The van der Waals surface area contributed by atoms with Gasteiger partial charge < -0.3 is 10.4 Å². The molecule has 2 rings (SSSR count). The summed E-state index contributed by atoms with van der Waals surface area (Å²) in [6.45, 7) is 4.24. The number of hydrogen-bond acceptors (Lipinski definition) is 2. The molecular weight excluding hydrogens is 178 g/mol. The van der Waals surface area contributed by atoms with Crippen molar-refractivity contribution < 1.29 is 9.90 Å². The monoisotopic (exact) mass is 197 g/mol. The van der Waals surface area contributed by atoms with Crippen LogP contribution in [0.5, 0.6) is 0 Å². The third-order valence-electron chi connectivity index (χ3n) is 4.77. The van der Waals surface area contributed by atoms with Gasteiger partial charge in [0, 0.05) is 7.05 Å². The first-order chi connectivity index (χ1) is 6.46. The Labute approximate surface area is 84.9 Å². The summed E-state index contributed by atoms with van der Waals surface area (Å²) in [5.74, 6) is 0.532. The predicted octanol–water partition coefficient (Wildman–Crippen LogP) is 0.920. The first-order valence-electron chi connectivity index (χ1n) is 5.37. The lowest BCUT2D eigenvalue weighted by atomic mass is 9.67. The van der Waals surface area contributed by atoms with Crippen LogP contribution in [0.4, 0.5) is 0 Å². The quantitative estimate of drug-likeness (QED) is 0.656. The Bertz CT molecular complexity index is 274. The molecule has 2 aliphatic carbocycles. The lowest BCUT2D eigenvalue weighted by molar-refractivity contribution is -0.142.